The number of likely N-dealkylation sites (tertiary alicyclic amines) is 1. The van der Waals surface area contributed by atoms with Gasteiger partial charge < -0.3 is 55.0 Å². The fourth-order valence-electron chi connectivity index (χ4n) is 9.50. The van der Waals surface area contributed by atoms with Crippen molar-refractivity contribution in [3.63, 3.8) is 0 Å². The van der Waals surface area contributed by atoms with Gasteiger partial charge in [-0.25, -0.2) is 8.98 Å². The number of rotatable bonds is 29. The summed E-state index contributed by atoms with van der Waals surface area (Å²) in [5, 5.41) is 19.3. The van der Waals surface area contributed by atoms with Crippen LogP contribution in [0.25, 0.3) is 0 Å². The van der Waals surface area contributed by atoms with E-state index >= 15 is 0 Å². The zero-order chi connectivity index (χ0) is 58.1. The maximum absolute atomic E-state index is 14.7. The Hall–Kier alpha value is -5.39. The maximum atomic E-state index is 14.7. The Morgan fingerprint density at radius 1 is 0.883 bits per heavy atom. The van der Waals surface area contributed by atoms with E-state index in [-0.39, 0.29) is 61.8 Å². The number of likely N-dealkylation sites (N-methyl/N-ethyl adjacent to an activating group) is 2. The van der Waals surface area contributed by atoms with Gasteiger partial charge in [0.05, 0.1) is 61.1 Å². The minimum atomic E-state index is -4.55. The van der Waals surface area contributed by atoms with Crippen LogP contribution in [0.1, 0.15) is 125 Å². The van der Waals surface area contributed by atoms with Crippen molar-refractivity contribution in [3.05, 3.63) is 59.7 Å². The average molecular weight is 1100 g/mol. The first-order valence-corrected chi connectivity index (χ1v) is 27.9. The van der Waals surface area contributed by atoms with E-state index in [0.717, 1.165) is 4.90 Å². The van der Waals surface area contributed by atoms with Gasteiger partial charge in [0.2, 0.25) is 29.5 Å². The lowest BCUT2D eigenvalue weighted by Gasteiger charge is -2.41. The fraction of sp³-hybridized carbons (Fsp3) is 0.673. The van der Waals surface area contributed by atoms with E-state index < -0.39 is 106 Å². The summed E-state index contributed by atoms with van der Waals surface area (Å²) in [6.45, 7) is 19.8. The number of aliphatic hydroxyl groups is 1. The van der Waals surface area contributed by atoms with Crippen LogP contribution < -0.4 is 25.9 Å². The van der Waals surface area contributed by atoms with E-state index in [1.54, 1.807) is 86.4 Å². The molecular weight excluding hydrogens is 1010 g/mol. The van der Waals surface area contributed by atoms with Crippen molar-refractivity contribution in [3.8, 4) is 5.75 Å². The zero-order valence-corrected chi connectivity index (χ0v) is 48.8. The van der Waals surface area contributed by atoms with Crippen molar-refractivity contribution < 1.29 is 64.9 Å². The van der Waals surface area contributed by atoms with Crippen LogP contribution in [0.5, 0.6) is 5.75 Å². The predicted octanol–water partition coefficient (Wildman–Crippen LogP) is 5.55. The monoisotopic (exact) mass is 1100 g/mol. The number of nitrogens with zero attached hydrogens (tertiary/aromatic N) is 3. The van der Waals surface area contributed by atoms with Crippen LogP contribution in [0, 0.1) is 29.1 Å². The molecule has 1 fully saturated rings. The molecule has 6 N–H and O–H groups in total. The SMILES string of the molecule is CC[C@H](C)[C@@H]([C@@H](CC(=O)N1CCC[C@H]1[C@H](OC)[C@@H](C)C(=O)N[C@H](C)[C@@H](O)c1ccccc1)OC)N(C)C(=O)[C@@H](NC(=O)[C@H](C(C)C)N(C)C(=O)OCc1ccc(OS(=O)(=O)OCC(C)(C)C)c(NC(=O)CCN)c1)C(C)C. The molecule has 1 saturated heterocycles. The average Bonchev–Trinajstić information content (AvgIpc) is 3.86. The number of ether oxygens (including phenoxy) is 3. The third kappa shape index (κ3) is 19.2. The van der Waals surface area contributed by atoms with Gasteiger partial charge in [0.15, 0.2) is 5.75 Å². The molecule has 77 heavy (non-hydrogen) atoms. The van der Waals surface area contributed by atoms with Gasteiger partial charge in [0.25, 0.3) is 0 Å². The smallest absolute Gasteiger partial charge is 0.445 e. The van der Waals surface area contributed by atoms with E-state index in [2.05, 4.69) is 16.0 Å². The quantitative estimate of drug-likeness (QED) is 0.0668. The second-order valence-electron chi connectivity index (χ2n) is 22.1. The summed E-state index contributed by atoms with van der Waals surface area (Å²) in [7, 11) is 1.49. The highest BCUT2D eigenvalue weighted by Crippen LogP contribution is 2.32. The van der Waals surface area contributed by atoms with Gasteiger partial charge in [-0.2, -0.15) is 8.42 Å². The van der Waals surface area contributed by atoms with Gasteiger partial charge in [-0.05, 0) is 66.2 Å². The Kier molecular flexibility index (Phi) is 25.8. The third-order valence-electron chi connectivity index (χ3n) is 14.0. The Balaban J connectivity index is 1.78. The van der Waals surface area contributed by atoms with E-state index in [1.165, 1.54) is 44.4 Å². The molecule has 0 saturated carbocycles. The Bertz CT molecular complexity index is 2370. The van der Waals surface area contributed by atoms with Crippen molar-refractivity contribution in [2.24, 2.45) is 34.8 Å². The second kappa shape index (κ2) is 30.1. The number of anilines is 1. The predicted molar refractivity (Wildman–Crippen MR) is 292 cm³/mol. The molecule has 2 aromatic rings. The van der Waals surface area contributed by atoms with E-state index in [0.29, 0.717) is 36.9 Å². The van der Waals surface area contributed by atoms with Gasteiger partial charge in [-0.3, -0.25) is 28.9 Å². The normalized spacial score (nSPS) is 17.5. The summed E-state index contributed by atoms with van der Waals surface area (Å²) >= 11 is 0. The summed E-state index contributed by atoms with van der Waals surface area (Å²) in [4.78, 5) is 87.8. The first kappa shape index (κ1) is 65.9. The lowest BCUT2D eigenvalue weighted by molar-refractivity contribution is -0.148. The minimum absolute atomic E-state index is 0.0209. The molecule has 0 bridgehead atoms. The molecule has 6 amide bonds. The molecule has 0 aromatic heterocycles. The molecule has 3 rings (SSSR count). The molecule has 0 radical (unpaired) electrons. The number of benzene rings is 2. The number of carbonyl (C=O) groups excluding carboxylic acids is 6. The summed E-state index contributed by atoms with van der Waals surface area (Å²) < 4.78 is 53.3. The molecule has 1 heterocycles. The fourth-order valence-corrected chi connectivity index (χ4v) is 10.4. The third-order valence-corrected chi connectivity index (χ3v) is 14.7. The van der Waals surface area contributed by atoms with Crippen LogP contribution in [0.4, 0.5) is 10.5 Å². The molecule has 434 valence electrons. The van der Waals surface area contributed by atoms with Crippen molar-refractivity contribution in [1.29, 1.82) is 0 Å². The standard InChI is InChI=1S/C55H89N7O14S/c1-16-35(6)48(43(72-14)30-45(64)62-28-20-23-41(62)50(73-15)36(7)51(66)57-37(8)49(65)39-21-18-17-19-22-39)60(12)53(68)46(33(2)3)59-52(67)47(34(4)5)61(13)54(69)74-31-38-24-25-42(40(29-38)58-44(63)26-27-56)76-77(70,71)75-32-55(9,10)11/h17-19,21-22,24-25,29,33-37,41,43,46-50,65H,16,20,23,26-28,30-32,56H2,1-15H3,(H,57,66)(H,58,63)(H,59,67)/t35-,36+,37+,41-,43+,46-,47-,48-,49+,50+/m0/s1. The summed E-state index contributed by atoms with van der Waals surface area (Å²) in [5.41, 5.74) is 6.02. The van der Waals surface area contributed by atoms with Crippen molar-refractivity contribution in [2.45, 2.75) is 163 Å². The molecule has 1 aliphatic heterocycles. The van der Waals surface area contributed by atoms with E-state index in [4.69, 9.17) is 28.3 Å². The number of nitrogens with one attached hydrogen (secondary N) is 3. The molecule has 1 aliphatic rings. The lowest BCUT2D eigenvalue weighted by Crippen LogP contribution is -2.60. The van der Waals surface area contributed by atoms with Crippen LogP contribution in [0.15, 0.2) is 48.5 Å². The minimum Gasteiger partial charge on any atom is -0.445 e. The van der Waals surface area contributed by atoms with Crippen LogP contribution in [0.3, 0.4) is 0 Å². The molecule has 0 aliphatic carbocycles. The van der Waals surface area contributed by atoms with Crippen molar-refractivity contribution >= 4 is 51.7 Å². The van der Waals surface area contributed by atoms with Gasteiger partial charge in [-0.1, -0.05) is 112 Å². The Morgan fingerprint density at radius 2 is 1.53 bits per heavy atom. The molecular formula is C55H89N7O14S. The topological polar surface area (TPSA) is 275 Å². The van der Waals surface area contributed by atoms with Crippen molar-refractivity contribution in [1.82, 2.24) is 25.3 Å². The number of aliphatic hydroxyl groups excluding tert-OH is 1. The highest BCUT2D eigenvalue weighted by atomic mass is 32.3. The number of hydrogen-bond donors (Lipinski definition) is 5. The highest BCUT2D eigenvalue weighted by Gasteiger charge is 2.44. The molecule has 10 atom stereocenters. The van der Waals surface area contributed by atoms with Gasteiger partial charge in [0.1, 0.15) is 18.7 Å². The number of nitrogens with two attached hydrogens (primary N) is 1. The van der Waals surface area contributed by atoms with Crippen LogP contribution in [-0.4, -0.2) is 154 Å². The van der Waals surface area contributed by atoms with Gasteiger partial charge in [0, 0.05) is 47.8 Å². The summed E-state index contributed by atoms with van der Waals surface area (Å²) in [6.07, 6.45) is -1.51. The van der Waals surface area contributed by atoms with E-state index in [9.17, 15) is 42.3 Å². The number of methoxy groups -OCH3 is 2. The van der Waals surface area contributed by atoms with Crippen molar-refractivity contribution in [2.75, 3.05) is 53.3 Å². The number of hydrogen-bond acceptors (Lipinski definition) is 15. The number of amides is 6. The second-order valence-corrected chi connectivity index (χ2v) is 23.3. The largest absolute Gasteiger partial charge is 0.449 e. The highest BCUT2D eigenvalue weighted by molar-refractivity contribution is 7.82. The lowest BCUT2D eigenvalue weighted by atomic mass is 9.89. The molecule has 2 aromatic carbocycles. The van der Waals surface area contributed by atoms with Gasteiger partial charge in [-0.15, -0.1) is 0 Å². The molecule has 0 unspecified atom stereocenters. The van der Waals surface area contributed by atoms with Gasteiger partial charge >= 0.3 is 16.5 Å². The molecule has 22 heteroatoms. The van der Waals surface area contributed by atoms with Crippen LogP contribution in [0.2, 0.25) is 0 Å². The molecule has 21 nitrogen and oxygen atoms in total. The van der Waals surface area contributed by atoms with Crippen LogP contribution >= 0.6 is 0 Å². The summed E-state index contributed by atoms with van der Waals surface area (Å²) in [5.74, 6) is -4.11. The first-order chi connectivity index (χ1) is 36.0. The zero-order valence-electron chi connectivity index (χ0n) is 48.0. The first-order valence-electron chi connectivity index (χ1n) is 26.6. The van der Waals surface area contributed by atoms with Crippen LogP contribution in [-0.2, 0) is 59.4 Å². The Labute approximate surface area is 457 Å². The summed E-state index contributed by atoms with van der Waals surface area (Å²) in [6, 6.07) is 9.32. The molecule has 0 spiro atoms. The Morgan fingerprint density at radius 3 is 2.09 bits per heavy atom. The number of carbonyl (C=O) groups is 6. The maximum Gasteiger partial charge on any atom is 0.449 e. The van der Waals surface area contributed by atoms with E-state index in [1.807, 2.05) is 32.0 Å².